The van der Waals surface area contributed by atoms with Crippen LogP contribution in [-0.4, -0.2) is 42.1 Å². The summed E-state index contributed by atoms with van der Waals surface area (Å²) in [7, 11) is 1.65. The van der Waals surface area contributed by atoms with Crippen LogP contribution in [-0.2, 0) is 6.42 Å². The van der Waals surface area contributed by atoms with Crippen LogP contribution in [0.25, 0.3) is 10.9 Å². The molecule has 1 saturated heterocycles. The number of hydrogen-bond donors (Lipinski definition) is 1. The van der Waals surface area contributed by atoms with Gasteiger partial charge < -0.3 is 19.9 Å². The second kappa shape index (κ2) is 8.60. The molecule has 6 heteroatoms. The second-order valence-electron chi connectivity index (χ2n) is 7.78. The highest BCUT2D eigenvalue weighted by molar-refractivity contribution is 5.97. The summed E-state index contributed by atoms with van der Waals surface area (Å²) in [5.74, 6) is 0.389. The van der Waals surface area contributed by atoms with E-state index in [-0.39, 0.29) is 0 Å². The average Bonchev–Trinajstić information content (AvgIpc) is 3.21. The van der Waals surface area contributed by atoms with Crippen molar-refractivity contribution in [2.75, 3.05) is 26.7 Å². The van der Waals surface area contributed by atoms with E-state index in [1.165, 1.54) is 0 Å². The number of likely N-dealkylation sites (tertiary alicyclic amines) is 1. The molecule has 1 aliphatic heterocycles. The number of rotatable bonds is 6. The van der Waals surface area contributed by atoms with Crippen molar-refractivity contribution in [3.63, 3.8) is 0 Å². The Morgan fingerprint density at radius 2 is 2.03 bits per heavy atom. The van der Waals surface area contributed by atoms with Crippen molar-refractivity contribution in [2.24, 2.45) is 5.73 Å². The van der Waals surface area contributed by atoms with Gasteiger partial charge >= 0.3 is 0 Å². The fraction of sp³-hybridized carbons (Fsp3) is 0.333. The van der Waals surface area contributed by atoms with Crippen molar-refractivity contribution in [2.45, 2.75) is 25.3 Å². The van der Waals surface area contributed by atoms with Crippen LogP contribution in [0.2, 0.25) is 0 Å². The zero-order valence-electron chi connectivity index (χ0n) is 17.2. The van der Waals surface area contributed by atoms with E-state index in [4.69, 9.17) is 10.5 Å². The van der Waals surface area contributed by atoms with Crippen molar-refractivity contribution in [1.82, 2.24) is 9.47 Å². The molecule has 1 amide bonds. The van der Waals surface area contributed by atoms with Crippen LogP contribution in [0.3, 0.4) is 0 Å². The molecule has 0 atom stereocenters. The summed E-state index contributed by atoms with van der Waals surface area (Å²) in [6.07, 6.45) is 5.00. The fourth-order valence-electron chi connectivity index (χ4n) is 4.43. The van der Waals surface area contributed by atoms with Crippen molar-refractivity contribution in [3.8, 4) is 11.8 Å². The summed E-state index contributed by atoms with van der Waals surface area (Å²) in [6, 6.07) is 16.0. The van der Waals surface area contributed by atoms with E-state index >= 15 is 0 Å². The predicted octanol–water partition coefficient (Wildman–Crippen LogP) is 3.50. The third kappa shape index (κ3) is 3.89. The Hall–Kier alpha value is -3.30. The van der Waals surface area contributed by atoms with E-state index in [0.717, 1.165) is 61.1 Å². The van der Waals surface area contributed by atoms with Crippen LogP contribution in [0.15, 0.2) is 48.7 Å². The maximum atomic E-state index is 11.6. The number of hydrogen-bond acceptors (Lipinski definition) is 4. The number of nitrogens with zero attached hydrogens (tertiary/aromatic N) is 3. The van der Waals surface area contributed by atoms with E-state index in [2.05, 4.69) is 27.8 Å². The zero-order valence-corrected chi connectivity index (χ0v) is 17.2. The quantitative estimate of drug-likeness (QED) is 0.684. The molecule has 0 aliphatic carbocycles. The first-order valence-corrected chi connectivity index (χ1v) is 10.3. The van der Waals surface area contributed by atoms with Crippen LogP contribution in [0.4, 0.5) is 0 Å². The summed E-state index contributed by atoms with van der Waals surface area (Å²) in [5, 5.41) is 10.5. The van der Waals surface area contributed by atoms with Gasteiger partial charge in [0.2, 0.25) is 5.91 Å². The van der Waals surface area contributed by atoms with Gasteiger partial charge in [0.25, 0.3) is 0 Å². The number of carbonyl (C=O) groups excluding carboxylic acids is 1. The molecule has 0 radical (unpaired) electrons. The molecular formula is C24H26N4O2. The van der Waals surface area contributed by atoms with Crippen LogP contribution in [0.1, 0.15) is 40.4 Å². The highest BCUT2D eigenvalue weighted by atomic mass is 16.5. The van der Waals surface area contributed by atoms with Gasteiger partial charge in [-0.1, -0.05) is 12.1 Å². The number of nitriles is 1. The number of carbonyl (C=O) groups is 1. The number of benzene rings is 2. The van der Waals surface area contributed by atoms with E-state index in [0.29, 0.717) is 17.2 Å². The molecule has 0 spiro atoms. The molecule has 154 valence electrons. The molecule has 2 heterocycles. The Labute approximate surface area is 176 Å². The molecule has 1 aromatic heterocycles. The predicted molar refractivity (Wildman–Crippen MR) is 117 cm³/mol. The summed E-state index contributed by atoms with van der Waals surface area (Å²) in [5.41, 5.74) is 8.75. The van der Waals surface area contributed by atoms with Crippen molar-refractivity contribution in [3.05, 3.63) is 65.4 Å². The Morgan fingerprint density at radius 1 is 1.23 bits per heavy atom. The number of primary amides is 1. The average molecular weight is 402 g/mol. The first-order chi connectivity index (χ1) is 14.6. The number of amides is 1. The SMILES string of the molecule is COc1cccc(C#N)c1CCN1CCC(n2ccc3ccc(C(N)=O)cc32)CC1. The highest BCUT2D eigenvalue weighted by Gasteiger charge is 2.22. The third-order valence-corrected chi connectivity index (χ3v) is 6.11. The lowest BCUT2D eigenvalue weighted by Crippen LogP contribution is -2.36. The normalized spacial score (nSPS) is 15.2. The lowest BCUT2D eigenvalue weighted by Gasteiger charge is -2.33. The Balaban J connectivity index is 1.42. The molecule has 1 aliphatic rings. The van der Waals surface area contributed by atoms with Gasteiger partial charge in [-0.05, 0) is 55.0 Å². The number of piperidine rings is 1. The third-order valence-electron chi connectivity index (χ3n) is 6.11. The molecular weight excluding hydrogens is 376 g/mol. The lowest BCUT2D eigenvalue weighted by atomic mass is 10.0. The minimum Gasteiger partial charge on any atom is -0.496 e. The Bertz CT molecular complexity index is 1100. The molecule has 0 unspecified atom stereocenters. The summed E-state index contributed by atoms with van der Waals surface area (Å²) < 4.78 is 7.74. The summed E-state index contributed by atoms with van der Waals surface area (Å²) >= 11 is 0. The number of ether oxygens (including phenoxy) is 1. The molecule has 4 rings (SSSR count). The van der Waals surface area contributed by atoms with Gasteiger partial charge in [-0.15, -0.1) is 0 Å². The van der Waals surface area contributed by atoms with Crippen molar-refractivity contribution >= 4 is 16.8 Å². The first kappa shape index (κ1) is 20.0. The summed E-state index contributed by atoms with van der Waals surface area (Å²) in [6.45, 7) is 2.90. The number of methoxy groups -OCH3 is 1. The molecule has 2 N–H and O–H groups in total. The topological polar surface area (TPSA) is 84.3 Å². The van der Waals surface area contributed by atoms with Crippen LogP contribution >= 0.6 is 0 Å². The number of nitrogens with two attached hydrogens (primary N) is 1. The minimum absolute atomic E-state index is 0.396. The van der Waals surface area contributed by atoms with E-state index in [1.807, 2.05) is 30.3 Å². The Morgan fingerprint density at radius 3 is 2.73 bits per heavy atom. The smallest absolute Gasteiger partial charge is 0.248 e. The van der Waals surface area contributed by atoms with Crippen LogP contribution in [0, 0.1) is 11.3 Å². The zero-order chi connectivity index (χ0) is 21.1. The largest absolute Gasteiger partial charge is 0.496 e. The van der Waals surface area contributed by atoms with E-state index in [1.54, 1.807) is 13.2 Å². The van der Waals surface area contributed by atoms with Gasteiger partial charge in [-0.2, -0.15) is 5.26 Å². The monoisotopic (exact) mass is 402 g/mol. The van der Waals surface area contributed by atoms with Gasteiger partial charge in [0, 0.05) is 48.5 Å². The first-order valence-electron chi connectivity index (χ1n) is 10.3. The van der Waals surface area contributed by atoms with Gasteiger partial charge in [0.05, 0.1) is 18.7 Å². The standard InChI is InChI=1S/C24H26N4O2/c1-30-23-4-2-3-19(16-25)21(23)10-13-27-11-8-20(9-12-27)28-14-7-17-5-6-18(24(26)29)15-22(17)28/h2-7,14-15,20H,8-13H2,1H3,(H2,26,29). The van der Waals surface area contributed by atoms with Crippen molar-refractivity contribution in [1.29, 1.82) is 5.26 Å². The fourth-order valence-corrected chi connectivity index (χ4v) is 4.43. The molecule has 0 saturated carbocycles. The molecule has 30 heavy (non-hydrogen) atoms. The molecule has 0 bridgehead atoms. The number of fused-ring (bicyclic) bond motifs is 1. The highest BCUT2D eigenvalue weighted by Crippen LogP contribution is 2.29. The molecule has 2 aromatic carbocycles. The van der Waals surface area contributed by atoms with Gasteiger partial charge in [-0.3, -0.25) is 4.79 Å². The van der Waals surface area contributed by atoms with Gasteiger partial charge in [0.15, 0.2) is 0 Å². The second-order valence-corrected chi connectivity index (χ2v) is 7.78. The van der Waals surface area contributed by atoms with Crippen LogP contribution in [0.5, 0.6) is 5.75 Å². The maximum Gasteiger partial charge on any atom is 0.248 e. The van der Waals surface area contributed by atoms with E-state index in [9.17, 15) is 10.1 Å². The van der Waals surface area contributed by atoms with E-state index < -0.39 is 5.91 Å². The molecule has 3 aromatic rings. The number of aromatic nitrogens is 1. The van der Waals surface area contributed by atoms with Crippen molar-refractivity contribution < 1.29 is 9.53 Å². The lowest BCUT2D eigenvalue weighted by molar-refractivity contribution is 0.100. The molecule has 1 fully saturated rings. The molecule has 6 nitrogen and oxygen atoms in total. The summed E-state index contributed by atoms with van der Waals surface area (Å²) in [4.78, 5) is 14.0. The van der Waals surface area contributed by atoms with Crippen LogP contribution < -0.4 is 10.5 Å². The maximum absolute atomic E-state index is 11.6. The van der Waals surface area contributed by atoms with Gasteiger partial charge in [-0.25, -0.2) is 0 Å². The Kier molecular flexibility index (Phi) is 5.73. The minimum atomic E-state index is -0.396. The van der Waals surface area contributed by atoms with Gasteiger partial charge in [0.1, 0.15) is 5.75 Å².